The van der Waals surface area contributed by atoms with Crippen molar-refractivity contribution in [3.8, 4) is 0 Å². The van der Waals surface area contributed by atoms with Crippen LogP contribution >= 0.6 is 0 Å². The second-order valence-electron chi connectivity index (χ2n) is 6.49. The Bertz CT molecular complexity index is 556. The summed E-state index contributed by atoms with van der Waals surface area (Å²) in [4.78, 5) is 20.2. The van der Waals surface area contributed by atoms with Crippen molar-refractivity contribution in [2.75, 3.05) is 24.4 Å². The Morgan fingerprint density at radius 1 is 1.29 bits per heavy atom. The van der Waals surface area contributed by atoms with E-state index in [0.717, 1.165) is 23.8 Å². The predicted molar refractivity (Wildman–Crippen MR) is 81.7 cm³/mol. The summed E-state index contributed by atoms with van der Waals surface area (Å²) in [6.07, 6.45) is 5.90. The molecule has 2 unspecified atom stereocenters. The second kappa shape index (κ2) is 4.99. The highest BCUT2D eigenvalue weighted by atomic mass is 16.2. The van der Waals surface area contributed by atoms with E-state index in [1.165, 1.54) is 25.0 Å². The number of hydrogen-bond acceptors (Lipinski definition) is 3. The van der Waals surface area contributed by atoms with Crippen LogP contribution in [-0.2, 0) is 4.79 Å². The van der Waals surface area contributed by atoms with E-state index in [9.17, 15) is 4.79 Å². The maximum absolute atomic E-state index is 12.4. The van der Waals surface area contributed by atoms with Crippen molar-refractivity contribution >= 4 is 19.7 Å². The second-order valence-corrected chi connectivity index (χ2v) is 6.49. The normalized spacial score (nSPS) is 33.0. The van der Waals surface area contributed by atoms with E-state index in [1.54, 1.807) is 18.3 Å². The maximum atomic E-state index is 12.4. The molecule has 1 aromatic heterocycles. The average Bonchev–Trinajstić information content (AvgIpc) is 2.50. The van der Waals surface area contributed by atoms with Crippen molar-refractivity contribution in [3.05, 3.63) is 36.0 Å². The van der Waals surface area contributed by atoms with Crippen LogP contribution in [0.4, 0.5) is 5.82 Å². The summed E-state index contributed by atoms with van der Waals surface area (Å²) < 4.78 is 0. The number of carbonyl (C=O) groups excluding carboxylic acids is 1. The number of carbonyl (C=O) groups is 1. The van der Waals surface area contributed by atoms with Crippen LogP contribution in [-0.4, -0.2) is 43.4 Å². The van der Waals surface area contributed by atoms with Crippen molar-refractivity contribution in [1.82, 2.24) is 9.88 Å². The van der Waals surface area contributed by atoms with Gasteiger partial charge in [-0.1, -0.05) is 11.6 Å². The molecule has 4 nitrogen and oxygen atoms in total. The molecule has 1 amide bonds. The molecule has 1 aliphatic carbocycles. The van der Waals surface area contributed by atoms with Gasteiger partial charge in [-0.3, -0.25) is 4.79 Å². The average molecular weight is 279 g/mol. The quantitative estimate of drug-likeness (QED) is 0.606. The number of rotatable bonds is 2. The Balaban J connectivity index is 1.56. The summed E-state index contributed by atoms with van der Waals surface area (Å²) in [6.45, 7) is 3.48. The summed E-state index contributed by atoms with van der Waals surface area (Å²) in [7, 11) is 5.91. The Labute approximate surface area is 126 Å². The van der Waals surface area contributed by atoms with Crippen molar-refractivity contribution in [2.24, 2.45) is 17.8 Å². The molecule has 1 saturated carbocycles. The molecule has 2 radical (unpaired) electrons. The fourth-order valence-electron chi connectivity index (χ4n) is 4.28. The van der Waals surface area contributed by atoms with Crippen LogP contribution in [0.3, 0.4) is 0 Å². The molecule has 5 heteroatoms. The van der Waals surface area contributed by atoms with Gasteiger partial charge < -0.3 is 9.71 Å². The Morgan fingerprint density at radius 3 is 2.67 bits per heavy atom. The summed E-state index contributed by atoms with van der Waals surface area (Å²) >= 11 is 0. The molecule has 4 fully saturated rings. The first-order valence-electron chi connectivity index (χ1n) is 7.64. The van der Waals surface area contributed by atoms with Crippen LogP contribution in [0.1, 0.15) is 12.8 Å². The highest BCUT2D eigenvalue weighted by molar-refractivity contribution is 6.32. The molecule has 2 atom stereocenters. The zero-order valence-corrected chi connectivity index (χ0v) is 12.0. The van der Waals surface area contributed by atoms with Crippen LogP contribution in [0.5, 0.6) is 0 Å². The molecule has 106 valence electrons. The molecule has 0 spiro atoms. The minimum Gasteiger partial charge on any atom is -0.351 e. The van der Waals surface area contributed by atoms with Gasteiger partial charge in [-0.2, -0.15) is 0 Å². The number of anilines is 1. The first-order valence-corrected chi connectivity index (χ1v) is 7.64. The van der Waals surface area contributed by atoms with Gasteiger partial charge in [-0.15, -0.1) is 0 Å². The SMILES string of the molecule is [B]N(C(=O)C=C1C2CC3CC1CN(C3)C2)c1ccccn1. The van der Waals surface area contributed by atoms with Crippen molar-refractivity contribution in [2.45, 2.75) is 12.8 Å². The topological polar surface area (TPSA) is 36.4 Å². The van der Waals surface area contributed by atoms with Crippen LogP contribution in [0.15, 0.2) is 36.0 Å². The number of pyridine rings is 1. The van der Waals surface area contributed by atoms with Gasteiger partial charge in [0.05, 0.1) is 0 Å². The Morgan fingerprint density at radius 2 is 2.05 bits per heavy atom. The highest BCUT2D eigenvalue weighted by Gasteiger charge is 2.44. The van der Waals surface area contributed by atoms with Crippen LogP contribution < -0.4 is 4.81 Å². The van der Waals surface area contributed by atoms with E-state index in [1.807, 2.05) is 12.1 Å². The monoisotopic (exact) mass is 279 g/mol. The van der Waals surface area contributed by atoms with Gasteiger partial charge in [0.15, 0.2) is 0 Å². The van der Waals surface area contributed by atoms with Crippen LogP contribution in [0.2, 0.25) is 0 Å². The minimum atomic E-state index is -0.161. The number of amides is 1. The molecule has 5 rings (SSSR count). The number of hydrogen-bond donors (Lipinski definition) is 0. The fourth-order valence-corrected chi connectivity index (χ4v) is 4.28. The van der Waals surface area contributed by atoms with Gasteiger partial charge in [0, 0.05) is 31.9 Å². The van der Waals surface area contributed by atoms with Crippen molar-refractivity contribution in [3.63, 3.8) is 0 Å². The van der Waals surface area contributed by atoms with Gasteiger partial charge in [-0.25, -0.2) is 4.98 Å². The van der Waals surface area contributed by atoms with E-state index >= 15 is 0 Å². The molecule has 3 aliphatic heterocycles. The smallest absolute Gasteiger partial charge is 0.241 e. The molecule has 4 aliphatic rings. The third-order valence-corrected chi connectivity index (χ3v) is 5.08. The van der Waals surface area contributed by atoms with E-state index < -0.39 is 0 Å². The van der Waals surface area contributed by atoms with Crippen molar-refractivity contribution < 1.29 is 4.79 Å². The minimum absolute atomic E-state index is 0.161. The fraction of sp³-hybridized carbons (Fsp3) is 0.500. The van der Waals surface area contributed by atoms with Crippen molar-refractivity contribution in [1.29, 1.82) is 0 Å². The van der Waals surface area contributed by atoms with E-state index in [2.05, 4.69) is 9.88 Å². The van der Waals surface area contributed by atoms with Gasteiger partial charge >= 0.3 is 0 Å². The number of nitrogens with zero attached hydrogens (tertiary/aromatic N) is 3. The lowest BCUT2D eigenvalue weighted by atomic mass is 9.65. The zero-order valence-electron chi connectivity index (χ0n) is 12.0. The third-order valence-electron chi connectivity index (χ3n) is 5.08. The lowest BCUT2D eigenvalue weighted by molar-refractivity contribution is -0.113. The predicted octanol–water partition coefficient (Wildman–Crippen LogP) is 1.40. The Hall–Kier alpha value is -1.62. The van der Waals surface area contributed by atoms with Crippen LogP contribution in [0, 0.1) is 17.8 Å². The molecule has 21 heavy (non-hydrogen) atoms. The van der Waals surface area contributed by atoms with E-state index in [-0.39, 0.29) is 5.91 Å². The van der Waals surface area contributed by atoms with Gasteiger partial charge in [0.2, 0.25) is 13.9 Å². The molecular weight excluding hydrogens is 261 g/mol. The van der Waals surface area contributed by atoms with Gasteiger partial charge in [0.1, 0.15) is 5.82 Å². The zero-order chi connectivity index (χ0) is 14.4. The summed E-state index contributed by atoms with van der Waals surface area (Å²) in [5.74, 6) is 2.27. The van der Waals surface area contributed by atoms with E-state index in [4.69, 9.17) is 7.98 Å². The lowest BCUT2D eigenvalue weighted by Crippen LogP contribution is -2.54. The maximum Gasteiger partial charge on any atom is 0.241 e. The third kappa shape index (κ3) is 2.29. The summed E-state index contributed by atoms with van der Waals surface area (Å²) in [5.41, 5.74) is 1.32. The number of piperidine rings is 3. The molecule has 1 aromatic rings. The highest BCUT2D eigenvalue weighted by Crippen LogP contribution is 2.46. The molecule has 4 heterocycles. The van der Waals surface area contributed by atoms with Crippen LogP contribution in [0.25, 0.3) is 0 Å². The standard InChI is InChI=1S/C16H18BN3O/c17-20(15-3-1-2-4-18-15)16(21)7-14-12-5-11-6-13(14)10-19(8-11)9-12/h1-4,7,11-13H,5-6,8-10H2. The molecule has 3 saturated heterocycles. The summed E-state index contributed by atoms with van der Waals surface area (Å²) in [5, 5.41) is 0. The molecule has 0 N–H and O–H groups in total. The molecule has 0 aromatic carbocycles. The summed E-state index contributed by atoms with van der Waals surface area (Å²) in [6, 6.07) is 5.39. The first kappa shape index (κ1) is 13.1. The lowest BCUT2D eigenvalue weighted by Gasteiger charge is -2.53. The van der Waals surface area contributed by atoms with E-state index in [0.29, 0.717) is 17.7 Å². The van der Waals surface area contributed by atoms with Gasteiger partial charge in [-0.05, 0) is 42.7 Å². The van der Waals surface area contributed by atoms with Gasteiger partial charge in [0.25, 0.3) is 0 Å². The number of aromatic nitrogens is 1. The largest absolute Gasteiger partial charge is 0.351 e. The molecule has 4 bridgehead atoms. The first-order chi connectivity index (χ1) is 10.2. The Kier molecular flexibility index (Phi) is 3.10. The molecular formula is C16H18BN3O.